The van der Waals surface area contributed by atoms with Crippen molar-refractivity contribution in [2.45, 2.75) is 41.5 Å². The first-order valence-corrected chi connectivity index (χ1v) is 12.9. The minimum Gasteiger partial charge on any atom is -0.481 e. The molecule has 1 heterocycles. The summed E-state index contributed by atoms with van der Waals surface area (Å²) < 4.78 is 44.0. The normalized spacial score (nSPS) is 20.1. The number of hydrogen-bond acceptors (Lipinski definition) is 8. The molecule has 0 bridgehead atoms. The van der Waals surface area contributed by atoms with Crippen LogP contribution in [0.15, 0.2) is 0 Å². The topological polar surface area (TPSA) is 146 Å². The van der Waals surface area contributed by atoms with E-state index in [1.807, 2.05) is 13.8 Å². The van der Waals surface area contributed by atoms with Crippen molar-refractivity contribution in [1.82, 2.24) is 0 Å². The van der Waals surface area contributed by atoms with Gasteiger partial charge in [0.05, 0.1) is 50.6 Å². The van der Waals surface area contributed by atoms with Crippen molar-refractivity contribution in [3.63, 3.8) is 0 Å². The molecular weight excluding hydrogens is 426 g/mol. The van der Waals surface area contributed by atoms with Crippen LogP contribution in [0.25, 0.3) is 0 Å². The zero-order valence-electron chi connectivity index (χ0n) is 18.0. The summed E-state index contributed by atoms with van der Waals surface area (Å²) in [6.07, 6.45) is -0.136. The third kappa shape index (κ3) is 11.3. The standard InChI is InChI=1S/C9H17O5P.C8H17O5P/c1-7(8(10)11)4-15(12)13-5-9(2,3)6-14-15;1-4-12-14(11,13-5-2)6-7(3)8(9)10/h7H,4-6H2,1-3H3,(H,10,11);7H,4-6H2,1-3H3,(H,9,10). The zero-order chi connectivity index (χ0) is 22.9. The van der Waals surface area contributed by atoms with Crippen molar-refractivity contribution in [2.75, 3.05) is 38.8 Å². The van der Waals surface area contributed by atoms with Gasteiger partial charge in [0.1, 0.15) is 0 Å². The highest BCUT2D eigenvalue weighted by atomic mass is 31.2. The molecule has 0 aromatic heterocycles. The maximum atomic E-state index is 11.9. The van der Waals surface area contributed by atoms with E-state index in [9.17, 15) is 18.7 Å². The molecule has 0 aliphatic carbocycles. The summed E-state index contributed by atoms with van der Waals surface area (Å²) in [5.74, 6) is -3.41. The largest absolute Gasteiger partial charge is 0.481 e. The van der Waals surface area contributed by atoms with Crippen LogP contribution < -0.4 is 0 Å². The molecule has 2 unspecified atom stereocenters. The second-order valence-corrected chi connectivity index (χ2v) is 11.8. The van der Waals surface area contributed by atoms with Gasteiger partial charge in [0.25, 0.3) is 0 Å². The van der Waals surface area contributed by atoms with Crippen LogP contribution in [-0.4, -0.2) is 60.9 Å². The molecule has 0 spiro atoms. The molecule has 0 saturated carbocycles. The van der Waals surface area contributed by atoms with Gasteiger partial charge in [0.15, 0.2) is 0 Å². The Morgan fingerprint density at radius 2 is 1.45 bits per heavy atom. The summed E-state index contributed by atoms with van der Waals surface area (Å²) in [4.78, 5) is 21.2. The van der Waals surface area contributed by atoms with E-state index in [2.05, 4.69) is 0 Å². The number of carbonyl (C=O) groups is 2. The van der Waals surface area contributed by atoms with Crippen LogP contribution in [0.5, 0.6) is 0 Å². The van der Waals surface area contributed by atoms with Gasteiger partial charge in [0.2, 0.25) is 0 Å². The van der Waals surface area contributed by atoms with Gasteiger partial charge >= 0.3 is 27.1 Å². The van der Waals surface area contributed by atoms with Gasteiger partial charge in [-0.2, -0.15) is 0 Å². The highest BCUT2D eigenvalue weighted by Crippen LogP contribution is 2.54. The zero-order valence-corrected chi connectivity index (χ0v) is 19.7. The molecule has 10 nitrogen and oxygen atoms in total. The fraction of sp³-hybridized carbons (Fsp3) is 0.882. The van der Waals surface area contributed by atoms with Crippen molar-refractivity contribution in [3.05, 3.63) is 0 Å². The molecule has 29 heavy (non-hydrogen) atoms. The molecule has 0 aromatic rings. The molecule has 2 atom stereocenters. The van der Waals surface area contributed by atoms with Gasteiger partial charge in [-0.05, 0) is 13.8 Å². The fourth-order valence-electron chi connectivity index (χ4n) is 2.09. The Hall–Kier alpha value is -0.760. The Bertz CT molecular complexity index is 610. The van der Waals surface area contributed by atoms with Crippen molar-refractivity contribution in [2.24, 2.45) is 17.3 Å². The van der Waals surface area contributed by atoms with Gasteiger partial charge in [0, 0.05) is 5.41 Å². The Morgan fingerprint density at radius 1 is 1.03 bits per heavy atom. The Balaban J connectivity index is 0.000000543. The maximum absolute atomic E-state index is 11.9. The summed E-state index contributed by atoms with van der Waals surface area (Å²) in [5, 5.41) is 17.3. The van der Waals surface area contributed by atoms with Crippen molar-refractivity contribution in [3.8, 4) is 0 Å². The first-order chi connectivity index (χ1) is 13.2. The lowest BCUT2D eigenvalue weighted by molar-refractivity contribution is -0.141. The van der Waals surface area contributed by atoms with E-state index in [0.717, 1.165) is 0 Å². The molecule has 2 N–H and O–H groups in total. The van der Waals surface area contributed by atoms with Crippen molar-refractivity contribution in [1.29, 1.82) is 0 Å². The second-order valence-electron chi connectivity index (χ2n) is 7.61. The molecule has 172 valence electrons. The predicted molar refractivity (Wildman–Crippen MR) is 107 cm³/mol. The quantitative estimate of drug-likeness (QED) is 0.460. The summed E-state index contributed by atoms with van der Waals surface area (Å²) in [6, 6.07) is 0. The van der Waals surface area contributed by atoms with Crippen molar-refractivity contribution < 1.29 is 47.0 Å². The summed E-state index contributed by atoms with van der Waals surface area (Å²) >= 11 is 0. The molecule has 1 fully saturated rings. The second kappa shape index (κ2) is 12.2. The lowest BCUT2D eigenvalue weighted by atomic mass is 9.97. The molecule has 1 aliphatic rings. The summed E-state index contributed by atoms with van der Waals surface area (Å²) in [5.41, 5.74) is -0.152. The van der Waals surface area contributed by atoms with Crippen LogP contribution in [0, 0.1) is 17.3 Å². The third-order valence-electron chi connectivity index (χ3n) is 3.79. The molecule has 0 radical (unpaired) electrons. The van der Waals surface area contributed by atoms with Crippen LogP contribution in [0.1, 0.15) is 41.5 Å². The SMILES string of the molecule is CC(CP1(=O)OCC(C)(C)CO1)C(=O)O.CCOP(=O)(CC(C)C(=O)O)OCC. The summed E-state index contributed by atoms with van der Waals surface area (Å²) in [6.45, 7) is 11.4. The van der Waals surface area contributed by atoms with E-state index in [0.29, 0.717) is 13.2 Å². The van der Waals surface area contributed by atoms with E-state index in [1.165, 1.54) is 13.8 Å². The average molecular weight is 460 g/mol. The van der Waals surface area contributed by atoms with E-state index in [-0.39, 0.29) is 31.0 Å². The maximum Gasteiger partial charge on any atom is 0.331 e. The van der Waals surface area contributed by atoms with Gasteiger partial charge in [-0.15, -0.1) is 0 Å². The van der Waals surface area contributed by atoms with Gasteiger partial charge < -0.3 is 28.3 Å². The van der Waals surface area contributed by atoms with E-state index >= 15 is 0 Å². The van der Waals surface area contributed by atoms with Crippen molar-refractivity contribution >= 4 is 27.1 Å². The van der Waals surface area contributed by atoms with Gasteiger partial charge in [-0.25, -0.2) is 0 Å². The third-order valence-corrected chi connectivity index (χ3v) is 8.13. The van der Waals surface area contributed by atoms with E-state index in [4.69, 9.17) is 28.3 Å². The molecule has 0 amide bonds. The lowest BCUT2D eigenvalue weighted by Crippen LogP contribution is -2.31. The van der Waals surface area contributed by atoms with Crippen LogP contribution >= 0.6 is 15.2 Å². The highest BCUT2D eigenvalue weighted by molar-refractivity contribution is 7.54. The monoisotopic (exact) mass is 460 g/mol. The van der Waals surface area contributed by atoms with Gasteiger partial charge in [-0.1, -0.05) is 27.7 Å². The highest BCUT2D eigenvalue weighted by Gasteiger charge is 2.38. The molecule has 0 aromatic carbocycles. The Kier molecular flexibility index (Phi) is 11.9. The first-order valence-electron chi connectivity index (χ1n) is 9.41. The lowest BCUT2D eigenvalue weighted by Gasteiger charge is -2.34. The fourth-order valence-corrected chi connectivity index (χ4v) is 6.20. The molecule has 1 aliphatic heterocycles. The molecule has 1 rings (SSSR count). The predicted octanol–water partition coefficient (Wildman–Crippen LogP) is 3.95. The molecular formula is C17H34O10P2. The number of carboxylic acids is 2. The van der Waals surface area contributed by atoms with Crippen LogP contribution in [0.4, 0.5) is 0 Å². The minimum absolute atomic E-state index is 0.0571. The average Bonchev–Trinajstić information content (AvgIpc) is 2.58. The van der Waals surface area contributed by atoms with Crippen LogP contribution in [0.2, 0.25) is 0 Å². The van der Waals surface area contributed by atoms with Gasteiger partial charge in [-0.3, -0.25) is 18.7 Å². The molecule has 1 saturated heterocycles. The number of carboxylic acid groups (broad SMARTS) is 2. The Morgan fingerprint density at radius 3 is 1.79 bits per heavy atom. The first kappa shape index (κ1) is 28.2. The molecule has 12 heteroatoms. The summed E-state index contributed by atoms with van der Waals surface area (Å²) in [7, 11) is -6.39. The van der Waals surface area contributed by atoms with Crippen LogP contribution in [0.3, 0.4) is 0 Å². The van der Waals surface area contributed by atoms with E-state index < -0.39 is 39.0 Å². The minimum atomic E-state index is -3.21. The number of aliphatic carboxylic acids is 2. The smallest absolute Gasteiger partial charge is 0.331 e. The van der Waals surface area contributed by atoms with E-state index in [1.54, 1.807) is 13.8 Å². The Labute approximate surface area is 172 Å². The number of hydrogen-bond donors (Lipinski definition) is 2. The van der Waals surface area contributed by atoms with Crippen LogP contribution in [-0.2, 0) is 36.8 Å². The number of rotatable bonds is 10.